The summed E-state index contributed by atoms with van der Waals surface area (Å²) in [5.74, 6) is 0.980. The Balaban J connectivity index is 1.74. The Kier molecular flexibility index (Phi) is 4.26. The highest BCUT2D eigenvalue weighted by Crippen LogP contribution is 2.37. The van der Waals surface area contributed by atoms with Crippen LogP contribution in [0.2, 0.25) is 0 Å². The van der Waals surface area contributed by atoms with Crippen molar-refractivity contribution in [3.05, 3.63) is 114 Å². The summed E-state index contributed by atoms with van der Waals surface area (Å²) >= 11 is 0. The van der Waals surface area contributed by atoms with Gasteiger partial charge in [-0.15, -0.1) is 0 Å². The van der Waals surface area contributed by atoms with Crippen molar-refractivity contribution in [1.29, 1.82) is 0 Å². The predicted octanol–water partition coefficient (Wildman–Crippen LogP) is 5.07. The van der Waals surface area contributed by atoms with Crippen molar-refractivity contribution in [3.8, 4) is 0 Å². The minimum absolute atomic E-state index is 0.0808. The fraction of sp³-hybridized carbons (Fsp3) is 0.130. The highest BCUT2D eigenvalue weighted by molar-refractivity contribution is 5.67. The molecule has 1 radical (unpaired) electrons. The molecular formula is C23H21N2. The van der Waals surface area contributed by atoms with Gasteiger partial charge >= 0.3 is 0 Å². The molecule has 2 nitrogen and oxygen atoms in total. The minimum atomic E-state index is 0.0808. The molecule has 3 aromatic rings. The van der Waals surface area contributed by atoms with Crippen molar-refractivity contribution in [2.75, 3.05) is 0 Å². The number of benzene rings is 3. The molecule has 0 saturated carbocycles. The molecule has 0 bridgehead atoms. The molecule has 2 heteroatoms. The summed E-state index contributed by atoms with van der Waals surface area (Å²) < 4.78 is 0. The van der Waals surface area contributed by atoms with Crippen molar-refractivity contribution in [1.82, 2.24) is 10.6 Å². The van der Waals surface area contributed by atoms with Crippen molar-refractivity contribution in [2.24, 2.45) is 0 Å². The molecule has 0 aliphatic carbocycles. The van der Waals surface area contributed by atoms with Crippen LogP contribution in [0, 0.1) is 0 Å². The second-order valence-electron chi connectivity index (χ2n) is 6.36. The lowest BCUT2D eigenvalue weighted by molar-refractivity contribution is 0.549. The zero-order valence-electron chi connectivity index (χ0n) is 14.3. The van der Waals surface area contributed by atoms with Crippen LogP contribution in [0.3, 0.4) is 0 Å². The van der Waals surface area contributed by atoms with E-state index in [4.69, 9.17) is 5.32 Å². The standard InChI is InChI=1S/C23H21N2/c1-17(18-11-5-2-6-12-18)23-24-21(19-13-7-3-8-14-19)22(25-23)20-15-9-4-10-16-20/h2-16,21-22,24H,1H3/t21-,22-/m0/s1. The third-order valence-electron chi connectivity index (χ3n) is 4.74. The number of allylic oxidation sites excluding steroid dienone is 1. The average Bonchev–Trinajstić information content (AvgIpc) is 3.15. The first kappa shape index (κ1) is 15.5. The fourth-order valence-electron chi connectivity index (χ4n) is 3.35. The predicted molar refractivity (Wildman–Crippen MR) is 103 cm³/mol. The highest BCUT2D eigenvalue weighted by atomic mass is 15.2. The topological polar surface area (TPSA) is 26.1 Å². The Morgan fingerprint density at radius 1 is 0.720 bits per heavy atom. The molecule has 1 fully saturated rings. The van der Waals surface area contributed by atoms with Gasteiger partial charge in [0.1, 0.15) is 11.9 Å². The Morgan fingerprint density at radius 3 is 1.84 bits per heavy atom. The van der Waals surface area contributed by atoms with Crippen LogP contribution in [0.4, 0.5) is 0 Å². The lowest BCUT2D eigenvalue weighted by Crippen LogP contribution is -2.17. The summed E-state index contributed by atoms with van der Waals surface area (Å²) in [6.45, 7) is 2.14. The lowest BCUT2D eigenvalue weighted by atomic mass is 9.95. The molecule has 0 unspecified atom stereocenters. The molecule has 0 amide bonds. The van der Waals surface area contributed by atoms with E-state index in [0.29, 0.717) is 0 Å². The van der Waals surface area contributed by atoms with E-state index in [1.165, 1.54) is 22.3 Å². The van der Waals surface area contributed by atoms with Crippen LogP contribution < -0.4 is 10.6 Å². The maximum Gasteiger partial charge on any atom is 0.125 e. The van der Waals surface area contributed by atoms with Gasteiger partial charge in [-0.2, -0.15) is 0 Å². The molecule has 1 N–H and O–H groups in total. The van der Waals surface area contributed by atoms with Crippen molar-refractivity contribution >= 4 is 5.57 Å². The number of nitrogens with zero attached hydrogens (tertiary/aromatic N) is 1. The summed E-state index contributed by atoms with van der Waals surface area (Å²) in [5, 5.41) is 8.73. The number of rotatable bonds is 3. The van der Waals surface area contributed by atoms with Gasteiger partial charge < -0.3 is 5.32 Å². The fourth-order valence-corrected chi connectivity index (χ4v) is 3.35. The molecule has 123 valence electrons. The Morgan fingerprint density at radius 2 is 1.24 bits per heavy atom. The number of nitrogens with one attached hydrogen (secondary N) is 1. The van der Waals surface area contributed by atoms with Crippen molar-refractivity contribution in [3.63, 3.8) is 0 Å². The molecule has 2 atom stereocenters. The first-order valence-corrected chi connectivity index (χ1v) is 8.66. The van der Waals surface area contributed by atoms with Crippen LogP contribution in [-0.2, 0) is 0 Å². The third-order valence-corrected chi connectivity index (χ3v) is 4.74. The van der Waals surface area contributed by atoms with E-state index in [1.54, 1.807) is 0 Å². The second kappa shape index (κ2) is 6.86. The first-order chi connectivity index (χ1) is 12.3. The van der Waals surface area contributed by atoms with E-state index < -0.39 is 0 Å². The first-order valence-electron chi connectivity index (χ1n) is 8.66. The van der Waals surface area contributed by atoms with Gasteiger partial charge in [0, 0.05) is 0 Å². The molecule has 25 heavy (non-hydrogen) atoms. The number of hydrogen-bond acceptors (Lipinski definition) is 1. The van der Waals surface area contributed by atoms with Crippen LogP contribution >= 0.6 is 0 Å². The molecule has 4 rings (SSSR count). The molecular weight excluding hydrogens is 304 g/mol. The van der Waals surface area contributed by atoms with Gasteiger partial charge in [0.05, 0.1) is 6.04 Å². The van der Waals surface area contributed by atoms with Gasteiger partial charge in [-0.1, -0.05) is 91.0 Å². The molecule has 0 spiro atoms. The van der Waals surface area contributed by atoms with E-state index in [9.17, 15) is 0 Å². The van der Waals surface area contributed by atoms with E-state index in [0.717, 1.165) is 5.82 Å². The van der Waals surface area contributed by atoms with E-state index in [-0.39, 0.29) is 12.1 Å². The average molecular weight is 325 g/mol. The summed E-state index contributed by atoms with van der Waals surface area (Å²) in [5.41, 5.74) is 4.88. The smallest absolute Gasteiger partial charge is 0.125 e. The second-order valence-corrected chi connectivity index (χ2v) is 6.36. The zero-order valence-corrected chi connectivity index (χ0v) is 14.3. The van der Waals surface area contributed by atoms with Crippen LogP contribution in [-0.4, -0.2) is 0 Å². The lowest BCUT2D eigenvalue weighted by Gasteiger charge is -2.18. The van der Waals surface area contributed by atoms with Crippen LogP contribution in [0.15, 0.2) is 96.8 Å². The minimum Gasteiger partial charge on any atom is -0.361 e. The van der Waals surface area contributed by atoms with Crippen LogP contribution in [0.1, 0.15) is 35.7 Å². The Hall–Kier alpha value is -3.00. The Labute approximate surface area is 149 Å². The quantitative estimate of drug-likeness (QED) is 0.715. The maximum atomic E-state index is 5.06. The summed E-state index contributed by atoms with van der Waals surface area (Å²) in [6.07, 6.45) is 0. The molecule has 3 aromatic carbocycles. The van der Waals surface area contributed by atoms with Gasteiger partial charge in [0.2, 0.25) is 0 Å². The monoisotopic (exact) mass is 325 g/mol. The maximum absolute atomic E-state index is 5.06. The zero-order chi connectivity index (χ0) is 17.1. The van der Waals surface area contributed by atoms with Crippen LogP contribution in [0.25, 0.3) is 5.57 Å². The van der Waals surface area contributed by atoms with Gasteiger partial charge in [0.25, 0.3) is 0 Å². The van der Waals surface area contributed by atoms with Gasteiger partial charge in [-0.25, -0.2) is 0 Å². The third kappa shape index (κ3) is 3.16. The number of hydrogen-bond donors (Lipinski definition) is 1. The van der Waals surface area contributed by atoms with Crippen molar-refractivity contribution in [2.45, 2.75) is 19.0 Å². The summed E-state index contributed by atoms with van der Waals surface area (Å²) in [6, 6.07) is 31.8. The molecule has 1 heterocycles. The van der Waals surface area contributed by atoms with Crippen LogP contribution in [0.5, 0.6) is 0 Å². The Bertz CT molecular complexity index is 805. The summed E-state index contributed by atoms with van der Waals surface area (Å²) in [7, 11) is 0. The van der Waals surface area contributed by atoms with Crippen molar-refractivity contribution < 1.29 is 0 Å². The largest absolute Gasteiger partial charge is 0.361 e. The summed E-state index contributed by atoms with van der Waals surface area (Å²) in [4.78, 5) is 0. The van der Waals surface area contributed by atoms with Gasteiger partial charge in [-0.3, -0.25) is 5.32 Å². The van der Waals surface area contributed by atoms with E-state index in [2.05, 4.69) is 97.2 Å². The molecule has 1 aliphatic rings. The molecule has 0 aromatic heterocycles. The van der Waals surface area contributed by atoms with E-state index in [1.807, 2.05) is 6.07 Å². The normalized spacial score (nSPS) is 21.3. The SMILES string of the molecule is CC(=C1[N][C@@H](c2ccccc2)[C@H](c2ccccc2)N1)c1ccccc1. The highest BCUT2D eigenvalue weighted by Gasteiger charge is 2.34. The molecule has 1 aliphatic heterocycles. The molecule has 1 saturated heterocycles. The van der Waals surface area contributed by atoms with Gasteiger partial charge in [-0.05, 0) is 29.2 Å². The van der Waals surface area contributed by atoms with E-state index >= 15 is 0 Å². The van der Waals surface area contributed by atoms with Gasteiger partial charge in [0.15, 0.2) is 0 Å².